The summed E-state index contributed by atoms with van der Waals surface area (Å²) in [5, 5.41) is 0. The zero-order valence-electron chi connectivity index (χ0n) is 16.3. The molecule has 1 aromatic carbocycles. The Morgan fingerprint density at radius 2 is 1.93 bits per heavy atom. The summed E-state index contributed by atoms with van der Waals surface area (Å²) in [6, 6.07) is 14.0. The molecule has 28 heavy (non-hydrogen) atoms. The Balaban J connectivity index is 1.40. The standard InChI is InChI=1S/C22H25N3O3/c1-16-19(23-21(28-16)17-7-4-3-5-8-17)15-24-13-10-18(11-14-24)25-12-6-9-20(25)22(26)27-2/h3-9,12,18H,10-11,13-15H2,1-2H3. The molecule has 0 spiro atoms. The Kier molecular flexibility index (Phi) is 5.30. The van der Waals surface area contributed by atoms with Crippen molar-refractivity contribution < 1.29 is 13.9 Å². The minimum absolute atomic E-state index is 0.279. The van der Waals surface area contributed by atoms with Crippen LogP contribution >= 0.6 is 0 Å². The van der Waals surface area contributed by atoms with Gasteiger partial charge in [-0.2, -0.15) is 0 Å². The monoisotopic (exact) mass is 379 g/mol. The number of aryl methyl sites for hydroxylation is 1. The molecule has 0 N–H and O–H groups in total. The number of rotatable bonds is 5. The Morgan fingerprint density at radius 1 is 1.18 bits per heavy atom. The van der Waals surface area contributed by atoms with E-state index >= 15 is 0 Å². The minimum Gasteiger partial charge on any atom is -0.464 e. The smallest absolute Gasteiger partial charge is 0.354 e. The maximum absolute atomic E-state index is 11.9. The number of aromatic nitrogens is 2. The normalized spacial score (nSPS) is 15.6. The fourth-order valence-corrected chi connectivity index (χ4v) is 3.84. The van der Waals surface area contributed by atoms with Crippen LogP contribution in [0.15, 0.2) is 53.1 Å². The Bertz CT molecular complexity index is 937. The number of methoxy groups -OCH3 is 1. The Hall–Kier alpha value is -2.86. The molecular weight excluding hydrogens is 354 g/mol. The van der Waals surface area contributed by atoms with Crippen LogP contribution in [0.25, 0.3) is 11.5 Å². The lowest BCUT2D eigenvalue weighted by Crippen LogP contribution is -2.35. The van der Waals surface area contributed by atoms with Gasteiger partial charge in [0.1, 0.15) is 11.5 Å². The molecule has 6 nitrogen and oxygen atoms in total. The quantitative estimate of drug-likeness (QED) is 0.625. The van der Waals surface area contributed by atoms with E-state index in [4.69, 9.17) is 14.1 Å². The van der Waals surface area contributed by atoms with Crippen LogP contribution in [0.2, 0.25) is 0 Å². The van der Waals surface area contributed by atoms with E-state index in [9.17, 15) is 4.79 Å². The van der Waals surface area contributed by atoms with E-state index in [2.05, 4.69) is 9.47 Å². The van der Waals surface area contributed by atoms with Gasteiger partial charge in [0.25, 0.3) is 0 Å². The van der Waals surface area contributed by atoms with Crippen LogP contribution in [0.3, 0.4) is 0 Å². The number of piperidine rings is 1. The molecule has 1 fully saturated rings. The van der Waals surface area contributed by atoms with Gasteiger partial charge in [-0.3, -0.25) is 4.90 Å². The summed E-state index contributed by atoms with van der Waals surface area (Å²) in [6.07, 6.45) is 3.95. The summed E-state index contributed by atoms with van der Waals surface area (Å²) in [5.74, 6) is 1.27. The van der Waals surface area contributed by atoms with Crippen molar-refractivity contribution in [1.29, 1.82) is 0 Å². The second-order valence-corrected chi connectivity index (χ2v) is 7.19. The molecule has 0 saturated carbocycles. The first-order valence-electron chi connectivity index (χ1n) is 9.65. The van der Waals surface area contributed by atoms with E-state index in [1.54, 1.807) is 0 Å². The molecule has 1 aliphatic rings. The van der Waals surface area contributed by atoms with E-state index in [1.807, 2.05) is 55.6 Å². The number of oxazole rings is 1. The van der Waals surface area contributed by atoms with E-state index in [1.165, 1.54) is 7.11 Å². The predicted molar refractivity (Wildman–Crippen MR) is 106 cm³/mol. The lowest BCUT2D eigenvalue weighted by molar-refractivity contribution is 0.0581. The van der Waals surface area contributed by atoms with Crippen LogP contribution in [0.5, 0.6) is 0 Å². The number of nitrogens with zero attached hydrogens (tertiary/aromatic N) is 3. The van der Waals surface area contributed by atoms with E-state index in [-0.39, 0.29) is 5.97 Å². The predicted octanol–water partition coefficient (Wildman–Crippen LogP) is 4.08. The van der Waals surface area contributed by atoms with Crippen LogP contribution in [0.4, 0.5) is 0 Å². The molecule has 0 radical (unpaired) electrons. The highest BCUT2D eigenvalue weighted by atomic mass is 16.5. The molecular formula is C22H25N3O3. The molecule has 1 saturated heterocycles. The van der Waals surface area contributed by atoms with Gasteiger partial charge in [0, 0.05) is 37.4 Å². The maximum atomic E-state index is 11.9. The van der Waals surface area contributed by atoms with Crippen LogP contribution in [-0.2, 0) is 11.3 Å². The Labute approximate surface area is 164 Å². The van der Waals surface area contributed by atoms with Crippen molar-refractivity contribution in [1.82, 2.24) is 14.5 Å². The largest absolute Gasteiger partial charge is 0.464 e. The third kappa shape index (κ3) is 3.73. The average molecular weight is 379 g/mol. The van der Waals surface area contributed by atoms with Gasteiger partial charge >= 0.3 is 5.97 Å². The Morgan fingerprint density at radius 3 is 2.64 bits per heavy atom. The molecule has 0 atom stereocenters. The van der Waals surface area contributed by atoms with Gasteiger partial charge in [0.2, 0.25) is 5.89 Å². The van der Waals surface area contributed by atoms with Gasteiger partial charge in [0.15, 0.2) is 0 Å². The zero-order valence-corrected chi connectivity index (χ0v) is 16.3. The molecule has 146 valence electrons. The van der Waals surface area contributed by atoms with Gasteiger partial charge in [-0.05, 0) is 44.0 Å². The molecule has 0 unspecified atom stereocenters. The van der Waals surface area contributed by atoms with Crippen molar-refractivity contribution in [3.63, 3.8) is 0 Å². The highest BCUT2D eigenvalue weighted by Crippen LogP contribution is 2.27. The maximum Gasteiger partial charge on any atom is 0.354 e. The van der Waals surface area contributed by atoms with Crippen LogP contribution in [-0.4, -0.2) is 40.6 Å². The number of esters is 1. The topological polar surface area (TPSA) is 60.5 Å². The number of hydrogen-bond acceptors (Lipinski definition) is 5. The lowest BCUT2D eigenvalue weighted by Gasteiger charge is -2.33. The van der Waals surface area contributed by atoms with Gasteiger partial charge < -0.3 is 13.7 Å². The number of carbonyl (C=O) groups is 1. The SMILES string of the molecule is COC(=O)c1cccn1C1CCN(Cc2nc(-c3ccccc3)oc2C)CC1. The van der Waals surface area contributed by atoms with Crippen LogP contribution < -0.4 is 0 Å². The van der Waals surface area contributed by atoms with E-state index < -0.39 is 0 Å². The summed E-state index contributed by atoms with van der Waals surface area (Å²) in [7, 11) is 1.42. The lowest BCUT2D eigenvalue weighted by atomic mass is 10.0. The van der Waals surface area contributed by atoms with Crippen LogP contribution in [0.1, 0.15) is 40.8 Å². The third-order valence-electron chi connectivity index (χ3n) is 5.41. The van der Waals surface area contributed by atoms with Crippen molar-refractivity contribution in [3.8, 4) is 11.5 Å². The van der Waals surface area contributed by atoms with Gasteiger partial charge in [-0.15, -0.1) is 0 Å². The first-order chi connectivity index (χ1) is 13.7. The van der Waals surface area contributed by atoms with Crippen molar-refractivity contribution in [3.05, 3.63) is 65.8 Å². The highest BCUT2D eigenvalue weighted by molar-refractivity contribution is 5.87. The van der Waals surface area contributed by atoms with Gasteiger partial charge in [0.05, 0.1) is 12.8 Å². The van der Waals surface area contributed by atoms with E-state index in [0.29, 0.717) is 17.6 Å². The van der Waals surface area contributed by atoms with Crippen molar-refractivity contribution in [2.75, 3.05) is 20.2 Å². The molecule has 2 aromatic heterocycles. The summed E-state index contributed by atoms with van der Waals surface area (Å²) in [5.41, 5.74) is 2.62. The molecule has 3 aromatic rings. The minimum atomic E-state index is -0.279. The van der Waals surface area contributed by atoms with Gasteiger partial charge in [-0.1, -0.05) is 18.2 Å². The molecule has 0 amide bonds. The van der Waals surface area contributed by atoms with Crippen molar-refractivity contribution >= 4 is 5.97 Å². The first-order valence-corrected chi connectivity index (χ1v) is 9.65. The summed E-state index contributed by atoms with van der Waals surface area (Å²) in [6.45, 7) is 4.67. The highest BCUT2D eigenvalue weighted by Gasteiger charge is 2.25. The summed E-state index contributed by atoms with van der Waals surface area (Å²) >= 11 is 0. The molecule has 3 heterocycles. The van der Waals surface area contributed by atoms with Crippen molar-refractivity contribution in [2.45, 2.75) is 32.4 Å². The number of benzene rings is 1. The zero-order chi connectivity index (χ0) is 19.5. The third-order valence-corrected chi connectivity index (χ3v) is 5.41. The molecule has 0 bridgehead atoms. The average Bonchev–Trinajstić information content (AvgIpc) is 3.36. The molecule has 6 heteroatoms. The molecule has 0 aliphatic carbocycles. The second kappa shape index (κ2) is 8.02. The number of likely N-dealkylation sites (tertiary alicyclic amines) is 1. The van der Waals surface area contributed by atoms with Crippen molar-refractivity contribution in [2.24, 2.45) is 0 Å². The fraction of sp³-hybridized carbons (Fsp3) is 0.364. The number of carbonyl (C=O) groups excluding carboxylic acids is 1. The van der Waals surface area contributed by atoms with Crippen LogP contribution in [0, 0.1) is 6.92 Å². The fourth-order valence-electron chi connectivity index (χ4n) is 3.84. The van der Waals surface area contributed by atoms with E-state index in [0.717, 1.165) is 49.5 Å². The molecule has 4 rings (SSSR count). The second-order valence-electron chi connectivity index (χ2n) is 7.19. The summed E-state index contributed by atoms with van der Waals surface area (Å²) in [4.78, 5) is 19.0. The first kappa shape index (κ1) is 18.5. The molecule has 1 aliphatic heterocycles. The number of hydrogen-bond donors (Lipinski definition) is 0. The number of ether oxygens (including phenoxy) is 1. The summed E-state index contributed by atoms with van der Waals surface area (Å²) < 4.78 is 12.8. The van der Waals surface area contributed by atoms with Gasteiger partial charge in [-0.25, -0.2) is 9.78 Å².